The van der Waals surface area contributed by atoms with Crippen LogP contribution in [0.3, 0.4) is 0 Å². The fraction of sp³-hybridized carbons (Fsp3) is 0.345. The lowest BCUT2D eigenvalue weighted by Gasteiger charge is -2.32. The summed E-state index contributed by atoms with van der Waals surface area (Å²) in [4.78, 5) is 114. The lowest BCUT2D eigenvalue weighted by molar-refractivity contribution is -0.161. The van der Waals surface area contributed by atoms with Crippen LogP contribution >= 0.6 is 11.3 Å². The number of rotatable bonds is 18. The molecular weight excluding hydrogens is 1620 g/mol. The van der Waals surface area contributed by atoms with Crippen LogP contribution in [-0.2, 0) is 42.9 Å². The molecular formula is C84H84F13N9O13S. The third-order valence-electron chi connectivity index (χ3n) is 20.2. The number of hydrogen-bond donors (Lipinski definition) is 8. The number of nitrogens with one attached hydrogen (secondary N) is 4. The molecule has 7 aromatic carbocycles. The molecule has 5 heterocycles. The number of ether oxygens (including phenoxy) is 1. The SMILES string of the molecule is COc1cc(NC(=O)c2ccc(C)c(C(F)(F)C(=O)N3CCC(O)CC3)c2)cc(F)c1F.Cc1cc(NC(=O)c2ccc(C)c(C(F)(F)C(=O)N3CCC(O)CC3)c2)ccc1F.Cc1cc(NC(=O)c2csc(C(F)(F)C(=O)N3CCCC3)c2)ccc1F.Cc1ccc(C(=O)Nc2ccc(F)c(C(N)=O)c2)cc1C(F)(F)C(=O)N1CCC(O)CC1. The van der Waals surface area contributed by atoms with Gasteiger partial charge in [0, 0.05) is 126 Å². The number of primary amides is 1. The van der Waals surface area contributed by atoms with Gasteiger partial charge in [-0.15, -0.1) is 11.3 Å². The topological polar surface area (TPSA) is 311 Å². The Morgan fingerprint density at radius 2 is 0.708 bits per heavy atom. The molecule has 0 radical (unpaired) electrons. The average molecular weight is 1710 g/mol. The van der Waals surface area contributed by atoms with Gasteiger partial charge < -0.3 is 66.7 Å². The van der Waals surface area contributed by atoms with Crippen LogP contribution in [0.4, 0.5) is 79.8 Å². The first kappa shape index (κ1) is 92.1. The van der Waals surface area contributed by atoms with Crippen LogP contribution in [0.25, 0.3) is 0 Å². The van der Waals surface area contributed by atoms with E-state index in [9.17, 15) is 89.2 Å². The molecule has 1 aromatic heterocycles. The standard InChI is InChI=1S/C22H22F4N2O4.C22H22F3N3O4.C22H23F3N2O3.C18H17F3N2O2S/c1-12-3-4-13(20(30)27-14-10-17(23)19(24)18(11-14)32-2)9-16(12)22(25,26)21(31)28-7-5-15(29)6-8-28;1-12-2-3-13(20(31)27-14-4-5-18(23)16(11-14)19(26)30)10-17(12)22(24,25)21(32)28-8-6-15(29)7-9-28;1-13-3-4-15(20(29)26-16-5-6-19(23)14(2)11-16)12-18(13)22(24,25)21(30)27-9-7-17(28)8-10-27;1-11-8-13(4-5-14(11)19)22-16(24)12-9-15(26-10-12)18(20,21)17(25)23-6-2-3-7-23/h3-4,9-11,15,29H,5-8H2,1-2H3,(H,27,30);2-5,10-11,15,29H,6-9H2,1H3,(H2,26,30)(H,27,31);3-6,11-12,17,28H,7-10H2,1-2H3,(H,26,29);4-5,8-10H,2-3,6-7H2,1H3,(H,22,24). The van der Waals surface area contributed by atoms with Gasteiger partial charge in [0.1, 0.15) is 17.5 Å². The lowest BCUT2D eigenvalue weighted by atomic mass is 9.97. The van der Waals surface area contributed by atoms with Crippen molar-refractivity contribution in [1.29, 1.82) is 0 Å². The second-order valence-electron chi connectivity index (χ2n) is 28.9. The highest BCUT2D eigenvalue weighted by Gasteiger charge is 2.50. The first-order valence-corrected chi connectivity index (χ1v) is 38.4. The van der Waals surface area contributed by atoms with E-state index in [2.05, 4.69) is 21.3 Å². The number of nitrogens with two attached hydrogens (primary N) is 1. The van der Waals surface area contributed by atoms with E-state index in [4.69, 9.17) is 10.5 Å². The van der Waals surface area contributed by atoms with Crippen LogP contribution in [0.1, 0.15) is 153 Å². The summed E-state index contributed by atoms with van der Waals surface area (Å²) in [7, 11) is 1.12. The van der Waals surface area contributed by atoms with Crippen LogP contribution in [-0.4, -0.2) is 166 Å². The molecule has 0 aliphatic carbocycles. The summed E-state index contributed by atoms with van der Waals surface area (Å²) in [6, 6.07) is 24.8. The zero-order valence-corrected chi connectivity index (χ0v) is 66.2. The largest absolute Gasteiger partial charge is 0.493 e. The number of likely N-dealkylation sites (tertiary alicyclic amines) is 4. The number of anilines is 4. The molecule has 120 heavy (non-hydrogen) atoms. The third kappa shape index (κ3) is 22.2. The van der Waals surface area contributed by atoms with Crippen molar-refractivity contribution in [1.82, 2.24) is 19.6 Å². The molecule has 36 heteroatoms. The van der Waals surface area contributed by atoms with Crippen molar-refractivity contribution < 1.29 is 120 Å². The van der Waals surface area contributed by atoms with Gasteiger partial charge in [0.2, 0.25) is 5.82 Å². The minimum atomic E-state index is -3.89. The van der Waals surface area contributed by atoms with Crippen LogP contribution in [0.15, 0.2) is 133 Å². The zero-order chi connectivity index (χ0) is 88.2. The van der Waals surface area contributed by atoms with E-state index in [1.807, 2.05) is 0 Å². The van der Waals surface area contributed by atoms with E-state index in [0.717, 1.165) is 88.1 Å². The van der Waals surface area contributed by atoms with Crippen molar-refractivity contribution in [2.75, 3.05) is 80.7 Å². The summed E-state index contributed by atoms with van der Waals surface area (Å²) >= 11 is 0.670. The molecule has 0 unspecified atom stereocenters. The first-order chi connectivity index (χ1) is 56.4. The predicted octanol–water partition coefficient (Wildman–Crippen LogP) is 14.1. The van der Waals surface area contributed by atoms with Gasteiger partial charge in [0.05, 0.1) is 41.4 Å². The van der Waals surface area contributed by atoms with Crippen LogP contribution in [0.2, 0.25) is 0 Å². The zero-order valence-electron chi connectivity index (χ0n) is 65.4. The Balaban J connectivity index is 0.000000183. The van der Waals surface area contributed by atoms with Gasteiger partial charge in [-0.1, -0.05) is 18.2 Å². The van der Waals surface area contributed by atoms with Crippen LogP contribution in [0, 0.1) is 63.7 Å². The number of aliphatic hydroxyl groups is 3. The summed E-state index contributed by atoms with van der Waals surface area (Å²) in [6.07, 6.45) is 0.949. The Morgan fingerprint density at radius 3 is 1.06 bits per heavy atom. The number of thiophene rings is 1. The molecule has 9 N–H and O–H groups in total. The monoisotopic (exact) mass is 1710 g/mol. The Kier molecular flexibility index (Phi) is 29.9. The number of amides is 9. The molecule has 0 bridgehead atoms. The molecule has 0 spiro atoms. The summed E-state index contributed by atoms with van der Waals surface area (Å²) in [5, 5.41) is 39.7. The maximum absolute atomic E-state index is 15.1. The molecule has 9 amide bonds. The number of aryl methyl sites for hydroxylation is 5. The van der Waals surface area contributed by atoms with E-state index < -0.39 is 157 Å². The van der Waals surface area contributed by atoms with Gasteiger partial charge in [-0.25, -0.2) is 17.6 Å². The van der Waals surface area contributed by atoms with Crippen molar-refractivity contribution in [3.63, 3.8) is 0 Å². The van der Waals surface area contributed by atoms with Gasteiger partial charge in [-0.3, -0.25) is 43.2 Å². The average Bonchev–Trinajstić information content (AvgIpc) is 0.948. The van der Waals surface area contributed by atoms with E-state index in [1.165, 1.54) is 105 Å². The molecule has 22 nitrogen and oxygen atoms in total. The minimum absolute atomic E-state index is 0.00672. The molecule has 8 aromatic rings. The summed E-state index contributed by atoms with van der Waals surface area (Å²) in [5.74, 6) is -29.1. The van der Waals surface area contributed by atoms with Gasteiger partial charge >= 0.3 is 23.7 Å². The summed E-state index contributed by atoms with van der Waals surface area (Å²) in [6.45, 7) is 8.14. The molecule has 0 atom stereocenters. The van der Waals surface area contributed by atoms with Crippen LogP contribution in [0.5, 0.6) is 5.75 Å². The predicted molar refractivity (Wildman–Crippen MR) is 417 cm³/mol. The maximum Gasteiger partial charge on any atom is 0.358 e. The number of nitrogens with zero attached hydrogens (tertiary/aromatic N) is 4. The lowest BCUT2D eigenvalue weighted by Crippen LogP contribution is -2.47. The van der Waals surface area contributed by atoms with E-state index in [-0.39, 0.29) is 128 Å². The number of alkyl halides is 8. The maximum atomic E-state index is 15.1. The van der Waals surface area contributed by atoms with E-state index >= 15 is 26.3 Å². The molecule has 4 saturated heterocycles. The Hall–Kier alpha value is -11.8. The van der Waals surface area contributed by atoms with Gasteiger partial charge in [0.25, 0.3) is 53.2 Å². The number of hydrogen-bond acceptors (Lipinski definition) is 14. The quantitative estimate of drug-likeness (QED) is 0.0371. The molecule has 640 valence electrons. The van der Waals surface area contributed by atoms with Gasteiger partial charge in [-0.05, 0) is 211 Å². The van der Waals surface area contributed by atoms with Crippen molar-refractivity contribution in [2.45, 2.75) is 128 Å². The van der Waals surface area contributed by atoms with E-state index in [1.54, 1.807) is 13.8 Å². The number of carbonyl (C=O) groups is 9. The molecule has 4 aliphatic heterocycles. The second kappa shape index (κ2) is 39.0. The van der Waals surface area contributed by atoms with Gasteiger partial charge in [-0.2, -0.15) is 39.5 Å². The number of methoxy groups -OCH3 is 1. The van der Waals surface area contributed by atoms with Crippen molar-refractivity contribution in [3.8, 4) is 5.75 Å². The highest BCUT2D eigenvalue weighted by Crippen LogP contribution is 2.40. The van der Waals surface area contributed by atoms with Crippen molar-refractivity contribution in [3.05, 3.63) is 239 Å². The normalized spacial score (nSPS) is 14.9. The Labute approximate surface area is 683 Å². The fourth-order valence-corrected chi connectivity index (χ4v) is 14.0. The van der Waals surface area contributed by atoms with Crippen LogP contribution < -0.4 is 31.7 Å². The van der Waals surface area contributed by atoms with E-state index in [0.29, 0.717) is 46.9 Å². The number of piperidine rings is 3. The first-order valence-electron chi connectivity index (χ1n) is 37.5. The highest BCUT2D eigenvalue weighted by atomic mass is 32.1. The smallest absolute Gasteiger partial charge is 0.358 e. The number of aliphatic hydroxyl groups excluding tert-OH is 3. The number of halogens is 13. The Bertz CT molecular complexity index is 5180. The van der Waals surface area contributed by atoms with Crippen molar-refractivity contribution >= 4 is 87.3 Å². The molecule has 4 fully saturated rings. The molecule has 12 rings (SSSR count). The minimum Gasteiger partial charge on any atom is -0.493 e. The highest BCUT2D eigenvalue weighted by molar-refractivity contribution is 7.10. The molecule has 4 aliphatic rings. The number of benzene rings is 7. The van der Waals surface area contributed by atoms with Crippen molar-refractivity contribution in [2.24, 2.45) is 5.73 Å². The fourth-order valence-electron chi connectivity index (χ4n) is 13.1. The van der Waals surface area contributed by atoms with Gasteiger partial charge in [0.15, 0.2) is 11.6 Å². The Morgan fingerprint density at radius 1 is 0.383 bits per heavy atom. The second-order valence-corrected chi connectivity index (χ2v) is 29.8. The summed E-state index contributed by atoms with van der Waals surface area (Å²) in [5.41, 5.74) is 4.19. The number of carbonyl (C=O) groups excluding carboxylic acids is 9. The molecule has 0 saturated carbocycles. The summed E-state index contributed by atoms with van der Waals surface area (Å²) < 4.78 is 191. The third-order valence-corrected chi connectivity index (χ3v) is 21.2.